The third-order valence-electron chi connectivity index (χ3n) is 1.64. The van der Waals surface area contributed by atoms with Gasteiger partial charge in [0.25, 0.3) is 0 Å². The maximum absolute atomic E-state index is 11.7. The van der Waals surface area contributed by atoms with E-state index in [1.807, 2.05) is 0 Å². The summed E-state index contributed by atoms with van der Waals surface area (Å²) in [6.45, 7) is 5.30. The Morgan fingerprint density at radius 1 is 1.25 bits per heavy atom. The Balaban J connectivity index is 3.51. The molecule has 0 aliphatic heterocycles. The third-order valence-corrected chi connectivity index (χ3v) is 1.64. The monoisotopic (exact) mass is 180 g/mol. The Kier molecular flexibility index (Phi) is 4.68. The van der Waals surface area contributed by atoms with E-state index >= 15 is 0 Å². The normalized spacial score (nSPS) is 15.2. The van der Waals surface area contributed by atoms with Gasteiger partial charge in [0.05, 0.1) is 6.10 Å². The molecule has 0 saturated carbocycles. The molecule has 3 heteroatoms. The van der Waals surface area contributed by atoms with Crippen molar-refractivity contribution >= 4 is 0 Å². The van der Waals surface area contributed by atoms with Gasteiger partial charge in [0, 0.05) is 0 Å². The Morgan fingerprint density at radius 2 is 1.75 bits per heavy atom. The molecule has 0 fully saturated rings. The number of rotatable bonds is 4. The summed E-state index contributed by atoms with van der Waals surface area (Å²) in [5.41, 5.74) is 0.194. The average molecular weight is 180 g/mol. The minimum Gasteiger partial charge on any atom is -0.320 e. The highest BCUT2D eigenvalue weighted by Gasteiger charge is 2.15. The highest BCUT2D eigenvalue weighted by molar-refractivity contribution is 4.63. The molecule has 0 heterocycles. The van der Waals surface area contributed by atoms with E-state index in [0.717, 1.165) is 6.42 Å². The van der Waals surface area contributed by atoms with Gasteiger partial charge in [-0.1, -0.05) is 20.8 Å². The summed E-state index contributed by atoms with van der Waals surface area (Å²) in [5, 5.41) is 0. The van der Waals surface area contributed by atoms with E-state index in [1.54, 1.807) is 6.92 Å². The summed E-state index contributed by atoms with van der Waals surface area (Å²) < 4.78 is 27.7. The smallest absolute Gasteiger partial charge is 0.320 e. The summed E-state index contributed by atoms with van der Waals surface area (Å²) >= 11 is 0. The standard InChI is InChI=1S/C9H18F2O/c1-7(12-8(10)11)5-6-9(2,3)4/h7-8H,5-6H2,1-4H3. The lowest BCUT2D eigenvalue weighted by Crippen LogP contribution is -2.16. The van der Waals surface area contributed by atoms with Crippen LogP contribution < -0.4 is 0 Å². The predicted octanol–water partition coefficient (Wildman–Crippen LogP) is 3.44. The van der Waals surface area contributed by atoms with Gasteiger partial charge in [-0.3, -0.25) is 0 Å². The van der Waals surface area contributed by atoms with E-state index in [2.05, 4.69) is 25.5 Å². The fraction of sp³-hybridized carbons (Fsp3) is 1.00. The molecule has 74 valence electrons. The molecule has 0 bridgehead atoms. The Morgan fingerprint density at radius 3 is 2.08 bits per heavy atom. The van der Waals surface area contributed by atoms with Crippen LogP contribution in [0.5, 0.6) is 0 Å². The van der Waals surface area contributed by atoms with E-state index in [9.17, 15) is 8.78 Å². The van der Waals surface area contributed by atoms with Crippen LogP contribution in [0.15, 0.2) is 0 Å². The minimum absolute atomic E-state index is 0.194. The molecule has 0 saturated heterocycles. The van der Waals surface area contributed by atoms with Crippen LogP contribution in [0, 0.1) is 5.41 Å². The first-order valence-corrected chi connectivity index (χ1v) is 4.25. The lowest BCUT2D eigenvalue weighted by Gasteiger charge is -2.20. The van der Waals surface area contributed by atoms with Gasteiger partial charge in [0.2, 0.25) is 0 Å². The number of hydrogen-bond acceptors (Lipinski definition) is 1. The van der Waals surface area contributed by atoms with Crippen molar-refractivity contribution in [1.82, 2.24) is 0 Å². The number of halogens is 2. The number of ether oxygens (including phenoxy) is 1. The molecule has 0 N–H and O–H groups in total. The van der Waals surface area contributed by atoms with Crippen molar-refractivity contribution in [2.45, 2.75) is 53.3 Å². The second-order valence-corrected chi connectivity index (χ2v) is 4.31. The fourth-order valence-corrected chi connectivity index (χ4v) is 0.880. The van der Waals surface area contributed by atoms with Crippen LogP contribution in [0.25, 0.3) is 0 Å². The molecular formula is C9H18F2O. The lowest BCUT2D eigenvalue weighted by atomic mass is 9.89. The van der Waals surface area contributed by atoms with Crippen LogP contribution in [0.3, 0.4) is 0 Å². The van der Waals surface area contributed by atoms with E-state index in [4.69, 9.17) is 0 Å². The van der Waals surface area contributed by atoms with Crippen molar-refractivity contribution in [2.24, 2.45) is 5.41 Å². The molecule has 0 amide bonds. The van der Waals surface area contributed by atoms with E-state index in [0.29, 0.717) is 6.42 Å². The van der Waals surface area contributed by atoms with Gasteiger partial charge in [0.15, 0.2) is 0 Å². The second kappa shape index (κ2) is 4.75. The first-order valence-electron chi connectivity index (χ1n) is 4.25. The largest absolute Gasteiger partial charge is 0.345 e. The van der Waals surface area contributed by atoms with E-state index in [-0.39, 0.29) is 11.5 Å². The molecule has 0 aromatic heterocycles. The van der Waals surface area contributed by atoms with Crippen molar-refractivity contribution < 1.29 is 13.5 Å². The molecule has 1 nitrogen and oxygen atoms in total. The second-order valence-electron chi connectivity index (χ2n) is 4.31. The van der Waals surface area contributed by atoms with Gasteiger partial charge >= 0.3 is 6.61 Å². The summed E-state index contributed by atoms with van der Waals surface area (Å²) in [4.78, 5) is 0. The quantitative estimate of drug-likeness (QED) is 0.644. The summed E-state index contributed by atoms with van der Waals surface area (Å²) in [6, 6.07) is 0. The van der Waals surface area contributed by atoms with Crippen LogP contribution in [0.2, 0.25) is 0 Å². The lowest BCUT2D eigenvalue weighted by molar-refractivity contribution is -0.160. The Labute approximate surface area is 73.1 Å². The molecule has 0 aromatic rings. The number of hydrogen-bond donors (Lipinski definition) is 0. The third kappa shape index (κ3) is 7.92. The number of alkyl halides is 2. The average Bonchev–Trinajstić information content (AvgIpc) is 1.80. The van der Waals surface area contributed by atoms with Crippen LogP contribution in [0.1, 0.15) is 40.5 Å². The summed E-state index contributed by atoms with van der Waals surface area (Å²) in [6.07, 6.45) is 1.25. The van der Waals surface area contributed by atoms with Gasteiger partial charge < -0.3 is 4.74 Å². The SMILES string of the molecule is CC(CCC(C)(C)C)OC(F)F. The zero-order chi connectivity index (χ0) is 9.78. The zero-order valence-electron chi connectivity index (χ0n) is 8.23. The topological polar surface area (TPSA) is 9.23 Å². The van der Waals surface area contributed by atoms with Crippen molar-refractivity contribution in [3.8, 4) is 0 Å². The van der Waals surface area contributed by atoms with Crippen LogP contribution in [-0.4, -0.2) is 12.7 Å². The molecule has 1 atom stereocenters. The van der Waals surface area contributed by atoms with Crippen molar-refractivity contribution in [3.05, 3.63) is 0 Å². The molecule has 0 spiro atoms. The molecule has 0 aliphatic rings. The molecule has 0 aliphatic carbocycles. The molecule has 0 radical (unpaired) electrons. The van der Waals surface area contributed by atoms with Crippen molar-refractivity contribution in [3.63, 3.8) is 0 Å². The predicted molar refractivity (Wildman–Crippen MR) is 45.2 cm³/mol. The van der Waals surface area contributed by atoms with Crippen molar-refractivity contribution in [2.75, 3.05) is 0 Å². The van der Waals surface area contributed by atoms with Gasteiger partial charge in [-0.2, -0.15) is 8.78 Å². The molecule has 0 rings (SSSR count). The first-order chi connectivity index (χ1) is 5.31. The van der Waals surface area contributed by atoms with E-state index in [1.165, 1.54) is 0 Å². The van der Waals surface area contributed by atoms with Crippen molar-refractivity contribution in [1.29, 1.82) is 0 Å². The van der Waals surface area contributed by atoms with Gasteiger partial charge in [-0.05, 0) is 25.2 Å². The maximum atomic E-state index is 11.7. The fourth-order valence-electron chi connectivity index (χ4n) is 0.880. The minimum atomic E-state index is -2.64. The highest BCUT2D eigenvalue weighted by atomic mass is 19.3. The highest BCUT2D eigenvalue weighted by Crippen LogP contribution is 2.22. The maximum Gasteiger partial charge on any atom is 0.345 e. The summed E-state index contributed by atoms with van der Waals surface area (Å²) in [7, 11) is 0. The van der Waals surface area contributed by atoms with Gasteiger partial charge in [-0.25, -0.2) is 0 Å². The van der Waals surface area contributed by atoms with Crippen LogP contribution >= 0.6 is 0 Å². The molecule has 12 heavy (non-hydrogen) atoms. The molecule has 0 aromatic carbocycles. The zero-order valence-corrected chi connectivity index (χ0v) is 8.23. The van der Waals surface area contributed by atoms with E-state index < -0.39 is 6.61 Å². The van der Waals surface area contributed by atoms with Crippen LogP contribution in [-0.2, 0) is 4.74 Å². The Bertz CT molecular complexity index is 118. The summed E-state index contributed by atoms with van der Waals surface area (Å²) in [5.74, 6) is 0. The molecular weight excluding hydrogens is 162 g/mol. The Hall–Kier alpha value is -0.180. The van der Waals surface area contributed by atoms with Gasteiger partial charge in [0.1, 0.15) is 0 Å². The molecule has 1 unspecified atom stereocenters. The first kappa shape index (κ1) is 11.8. The van der Waals surface area contributed by atoms with Gasteiger partial charge in [-0.15, -0.1) is 0 Å². The van der Waals surface area contributed by atoms with Crippen LogP contribution in [0.4, 0.5) is 8.78 Å².